The van der Waals surface area contributed by atoms with Gasteiger partial charge in [-0.25, -0.2) is 5.48 Å². The van der Waals surface area contributed by atoms with Gasteiger partial charge in [0, 0.05) is 7.11 Å². The Bertz CT molecular complexity index is 456. The van der Waals surface area contributed by atoms with E-state index in [9.17, 15) is 4.79 Å². The van der Waals surface area contributed by atoms with Crippen molar-refractivity contribution in [3.8, 4) is 11.8 Å². The van der Waals surface area contributed by atoms with Crippen LogP contribution in [-0.2, 0) is 14.4 Å². The number of hydrogen-bond donors (Lipinski definition) is 1. The Morgan fingerprint density at radius 3 is 2.84 bits per heavy atom. The van der Waals surface area contributed by atoms with E-state index in [0.29, 0.717) is 17.9 Å². The first-order valence-corrected chi connectivity index (χ1v) is 5.75. The fourth-order valence-corrected chi connectivity index (χ4v) is 1.24. The summed E-state index contributed by atoms with van der Waals surface area (Å²) in [5.74, 6) is -0.0617. The van der Waals surface area contributed by atoms with Crippen molar-refractivity contribution in [3.05, 3.63) is 29.8 Å². The second-order valence-corrected chi connectivity index (χ2v) is 3.68. The molecular formula is C13H16N2O4. The molecule has 0 bridgehead atoms. The molecule has 0 aliphatic carbocycles. The predicted molar refractivity (Wildman–Crippen MR) is 67.2 cm³/mol. The normalized spacial score (nSPS) is 11.4. The summed E-state index contributed by atoms with van der Waals surface area (Å²) in [7, 11) is 1.54. The quantitative estimate of drug-likeness (QED) is 0.587. The zero-order valence-electron chi connectivity index (χ0n) is 10.9. The van der Waals surface area contributed by atoms with E-state index in [4.69, 9.17) is 19.6 Å². The molecule has 1 aromatic carbocycles. The molecule has 0 radical (unpaired) electrons. The second kappa shape index (κ2) is 8.08. The lowest BCUT2D eigenvalue weighted by atomic mass is 10.2. The Labute approximate surface area is 111 Å². The standard InChI is InChI=1S/C13H16N2O4/c1-10(13(16)15-18-8-7-17-2)19-12-6-4-3-5-11(12)9-14/h3-6,10H,7-8H2,1-2H3,(H,15,16). The highest BCUT2D eigenvalue weighted by molar-refractivity contribution is 5.79. The van der Waals surface area contributed by atoms with Crippen molar-refractivity contribution in [2.24, 2.45) is 0 Å². The van der Waals surface area contributed by atoms with E-state index in [1.54, 1.807) is 31.2 Å². The molecule has 1 unspecified atom stereocenters. The zero-order chi connectivity index (χ0) is 14.1. The van der Waals surface area contributed by atoms with Crippen LogP contribution in [0.4, 0.5) is 0 Å². The van der Waals surface area contributed by atoms with Crippen LogP contribution in [-0.4, -0.2) is 32.3 Å². The van der Waals surface area contributed by atoms with Crippen LogP contribution in [0.15, 0.2) is 24.3 Å². The lowest BCUT2D eigenvalue weighted by Gasteiger charge is -2.15. The summed E-state index contributed by atoms with van der Waals surface area (Å²) in [5, 5.41) is 8.90. The van der Waals surface area contributed by atoms with Crippen molar-refractivity contribution in [2.75, 3.05) is 20.3 Å². The van der Waals surface area contributed by atoms with Crippen molar-refractivity contribution in [2.45, 2.75) is 13.0 Å². The molecule has 6 heteroatoms. The Hall–Kier alpha value is -2.10. The van der Waals surface area contributed by atoms with Crippen LogP contribution in [0.1, 0.15) is 12.5 Å². The lowest BCUT2D eigenvalue weighted by Crippen LogP contribution is -2.37. The van der Waals surface area contributed by atoms with Crippen LogP contribution < -0.4 is 10.2 Å². The topological polar surface area (TPSA) is 80.6 Å². The SMILES string of the molecule is COCCONC(=O)C(C)Oc1ccccc1C#N. The molecule has 1 N–H and O–H groups in total. The average Bonchev–Trinajstić information content (AvgIpc) is 2.44. The summed E-state index contributed by atoms with van der Waals surface area (Å²) in [6, 6.07) is 8.71. The molecule has 6 nitrogen and oxygen atoms in total. The summed E-state index contributed by atoms with van der Waals surface area (Å²) in [5.41, 5.74) is 2.63. The minimum Gasteiger partial charge on any atom is -0.479 e. The number of hydroxylamine groups is 1. The number of nitrogens with one attached hydrogen (secondary N) is 1. The van der Waals surface area contributed by atoms with Crippen LogP contribution in [0.2, 0.25) is 0 Å². The predicted octanol–water partition coefficient (Wildman–Crippen LogP) is 1.02. The van der Waals surface area contributed by atoms with Crippen LogP contribution in [0.5, 0.6) is 5.75 Å². The molecule has 102 valence electrons. The van der Waals surface area contributed by atoms with Crippen LogP contribution >= 0.6 is 0 Å². The number of carbonyl (C=O) groups excluding carboxylic acids is 1. The van der Waals surface area contributed by atoms with Crippen molar-refractivity contribution in [1.29, 1.82) is 5.26 Å². The fourth-order valence-electron chi connectivity index (χ4n) is 1.24. The van der Waals surface area contributed by atoms with Crippen molar-refractivity contribution in [3.63, 3.8) is 0 Å². The van der Waals surface area contributed by atoms with Crippen LogP contribution in [0.25, 0.3) is 0 Å². The summed E-state index contributed by atoms with van der Waals surface area (Å²) in [4.78, 5) is 16.5. The molecular weight excluding hydrogens is 248 g/mol. The number of nitrogens with zero attached hydrogens (tertiary/aromatic N) is 1. The average molecular weight is 264 g/mol. The first kappa shape index (κ1) is 15.0. The monoisotopic (exact) mass is 264 g/mol. The largest absolute Gasteiger partial charge is 0.479 e. The molecule has 0 fully saturated rings. The Balaban J connectivity index is 2.48. The van der Waals surface area contributed by atoms with Crippen molar-refractivity contribution >= 4 is 5.91 Å². The van der Waals surface area contributed by atoms with Gasteiger partial charge in [0.05, 0.1) is 18.8 Å². The molecule has 1 amide bonds. The van der Waals surface area contributed by atoms with Crippen LogP contribution in [0, 0.1) is 11.3 Å². The maximum atomic E-state index is 11.6. The second-order valence-electron chi connectivity index (χ2n) is 3.68. The van der Waals surface area contributed by atoms with Gasteiger partial charge in [-0.1, -0.05) is 12.1 Å². The summed E-state index contributed by atoms with van der Waals surface area (Å²) >= 11 is 0. The van der Waals surface area contributed by atoms with Gasteiger partial charge in [-0.15, -0.1) is 0 Å². The van der Waals surface area contributed by atoms with E-state index >= 15 is 0 Å². The number of carbonyl (C=O) groups is 1. The molecule has 19 heavy (non-hydrogen) atoms. The number of hydrogen-bond acceptors (Lipinski definition) is 5. The first-order chi connectivity index (χ1) is 9.19. The highest BCUT2D eigenvalue weighted by Gasteiger charge is 2.16. The molecule has 0 heterocycles. The molecule has 0 saturated heterocycles. The Kier molecular flexibility index (Phi) is 6.36. The summed E-state index contributed by atoms with van der Waals surface area (Å²) < 4.78 is 10.2. The molecule has 0 saturated carbocycles. The van der Waals surface area contributed by atoms with Gasteiger partial charge in [0.15, 0.2) is 6.10 Å². The van der Waals surface area contributed by atoms with Crippen molar-refractivity contribution in [1.82, 2.24) is 5.48 Å². The van der Waals surface area contributed by atoms with Crippen LogP contribution in [0.3, 0.4) is 0 Å². The highest BCUT2D eigenvalue weighted by atomic mass is 16.7. The Morgan fingerprint density at radius 1 is 1.42 bits per heavy atom. The summed E-state index contributed by atoms with van der Waals surface area (Å²) in [6.07, 6.45) is -0.767. The van der Waals surface area contributed by atoms with Gasteiger partial charge in [-0.05, 0) is 19.1 Å². The van der Waals surface area contributed by atoms with Gasteiger partial charge in [0.2, 0.25) is 0 Å². The Morgan fingerprint density at radius 2 is 2.16 bits per heavy atom. The van der Waals surface area contributed by atoms with E-state index in [1.807, 2.05) is 6.07 Å². The third-order valence-corrected chi connectivity index (χ3v) is 2.24. The number of nitriles is 1. The molecule has 1 rings (SSSR count). The van der Waals surface area contributed by atoms with E-state index < -0.39 is 12.0 Å². The maximum absolute atomic E-state index is 11.6. The van der Waals surface area contributed by atoms with Gasteiger partial charge >= 0.3 is 0 Å². The number of rotatable bonds is 7. The summed E-state index contributed by atoms with van der Waals surface area (Å²) in [6.45, 7) is 2.21. The van der Waals surface area contributed by atoms with E-state index in [0.717, 1.165) is 0 Å². The zero-order valence-corrected chi connectivity index (χ0v) is 10.9. The third-order valence-electron chi connectivity index (χ3n) is 2.24. The van der Waals surface area contributed by atoms with Gasteiger partial charge in [0.25, 0.3) is 5.91 Å². The fraction of sp³-hybridized carbons (Fsp3) is 0.385. The van der Waals surface area contributed by atoms with Gasteiger partial charge < -0.3 is 9.47 Å². The van der Waals surface area contributed by atoms with Gasteiger partial charge in [-0.3, -0.25) is 9.63 Å². The minimum absolute atomic E-state index is 0.254. The smallest absolute Gasteiger partial charge is 0.284 e. The maximum Gasteiger partial charge on any atom is 0.284 e. The number of amides is 1. The molecule has 0 spiro atoms. The number of methoxy groups -OCH3 is 1. The molecule has 0 aliphatic heterocycles. The highest BCUT2D eigenvalue weighted by Crippen LogP contribution is 2.17. The molecule has 1 atom stereocenters. The number of para-hydroxylation sites is 1. The lowest BCUT2D eigenvalue weighted by molar-refractivity contribution is -0.141. The molecule has 1 aromatic rings. The minimum atomic E-state index is -0.767. The van der Waals surface area contributed by atoms with E-state index in [2.05, 4.69) is 5.48 Å². The van der Waals surface area contributed by atoms with Gasteiger partial charge in [-0.2, -0.15) is 5.26 Å². The third kappa shape index (κ3) is 4.95. The van der Waals surface area contributed by atoms with Gasteiger partial charge in [0.1, 0.15) is 11.8 Å². The molecule has 0 aromatic heterocycles. The van der Waals surface area contributed by atoms with E-state index in [1.165, 1.54) is 7.11 Å². The number of ether oxygens (including phenoxy) is 2. The van der Waals surface area contributed by atoms with Crippen molar-refractivity contribution < 1.29 is 19.1 Å². The molecule has 0 aliphatic rings. The first-order valence-electron chi connectivity index (χ1n) is 5.75. The number of benzene rings is 1. The van der Waals surface area contributed by atoms with E-state index in [-0.39, 0.29) is 6.61 Å².